The van der Waals surface area contributed by atoms with Crippen molar-refractivity contribution in [3.63, 3.8) is 0 Å². The quantitative estimate of drug-likeness (QED) is 0.533. The van der Waals surface area contributed by atoms with Gasteiger partial charge in [0.25, 0.3) is 0 Å². The molecule has 2 aromatic rings. The average Bonchev–Trinajstić information content (AvgIpc) is 2.45. The summed E-state index contributed by atoms with van der Waals surface area (Å²) in [6.07, 6.45) is 0. The van der Waals surface area contributed by atoms with Crippen LogP contribution in [0.15, 0.2) is 53.7 Å². The summed E-state index contributed by atoms with van der Waals surface area (Å²) in [5.74, 6) is -0.507. The van der Waals surface area contributed by atoms with Gasteiger partial charge in [-0.1, -0.05) is 28.9 Å². The van der Waals surface area contributed by atoms with Crippen LogP contribution >= 0.6 is 11.6 Å². The van der Waals surface area contributed by atoms with Crippen molar-refractivity contribution >= 4 is 23.3 Å². The van der Waals surface area contributed by atoms with Crippen molar-refractivity contribution in [1.82, 2.24) is 0 Å². The van der Waals surface area contributed by atoms with E-state index in [2.05, 4.69) is 5.16 Å². The predicted molar refractivity (Wildman–Crippen MR) is 77.2 cm³/mol. The zero-order chi connectivity index (χ0) is 14.5. The van der Waals surface area contributed by atoms with Crippen LogP contribution in [0.25, 0.3) is 0 Å². The number of phenolic OH excluding ortho intramolecular Hbond substituents is 1. The second kappa shape index (κ2) is 6.21. The summed E-state index contributed by atoms with van der Waals surface area (Å²) in [5.41, 5.74) is 1.27. The van der Waals surface area contributed by atoms with Gasteiger partial charge in [-0.25, -0.2) is 4.79 Å². The molecule has 0 aliphatic carbocycles. The number of oxime groups is 1. The number of phenols is 1. The number of nitrogens with zero attached hydrogens (tertiary/aromatic N) is 1. The minimum absolute atomic E-state index is 0.0799. The zero-order valence-corrected chi connectivity index (χ0v) is 11.5. The molecule has 0 bridgehead atoms. The molecule has 0 saturated heterocycles. The van der Waals surface area contributed by atoms with Gasteiger partial charge in [-0.15, -0.1) is 0 Å². The number of halogens is 1. The molecule has 0 atom stereocenters. The van der Waals surface area contributed by atoms with Crippen LogP contribution in [0, 0.1) is 0 Å². The molecule has 0 heterocycles. The first-order chi connectivity index (χ1) is 9.58. The monoisotopic (exact) mass is 289 g/mol. The summed E-state index contributed by atoms with van der Waals surface area (Å²) < 4.78 is 0. The van der Waals surface area contributed by atoms with E-state index < -0.39 is 5.97 Å². The Kier molecular flexibility index (Phi) is 4.38. The van der Waals surface area contributed by atoms with Gasteiger partial charge in [-0.05, 0) is 43.3 Å². The summed E-state index contributed by atoms with van der Waals surface area (Å²) in [6, 6.07) is 13.0. The number of carbonyl (C=O) groups excluding carboxylic acids is 1. The van der Waals surface area contributed by atoms with E-state index in [0.29, 0.717) is 21.9 Å². The van der Waals surface area contributed by atoms with E-state index in [1.165, 1.54) is 6.07 Å². The van der Waals surface area contributed by atoms with Gasteiger partial charge in [-0.2, -0.15) is 0 Å². The normalized spacial score (nSPS) is 11.2. The molecule has 0 saturated carbocycles. The molecule has 20 heavy (non-hydrogen) atoms. The van der Waals surface area contributed by atoms with Crippen molar-refractivity contribution in [1.29, 1.82) is 0 Å². The highest BCUT2D eigenvalue weighted by atomic mass is 35.5. The first-order valence-electron chi connectivity index (χ1n) is 5.88. The summed E-state index contributed by atoms with van der Waals surface area (Å²) in [4.78, 5) is 16.6. The molecule has 0 aliphatic heterocycles. The number of aromatic hydroxyl groups is 1. The Balaban J connectivity index is 2.11. The third kappa shape index (κ3) is 3.36. The maximum Gasteiger partial charge on any atom is 0.365 e. The van der Waals surface area contributed by atoms with Crippen molar-refractivity contribution in [3.05, 3.63) is 64.7 Å². The molecule has 102 valence electrons. The highest BCUT2D eigenvalue weighted by Gasteiger charge is 2.08. The molecule has 2 aromatic carbocycles. The molecule has 4 nitrogen and oxygen atoms in total. The summed E-state index contributed by atoms with van der Waals surface area (Å²) in [5, 5.41) is 13.9. The molecule has 0 amide bonds. The van der Waals surface area contributed by atoms with Gasteiger partial charge in [0.1, 0.15) is 5.75 Å². The van der Waals surface area contributed by atoms with Gasteiger partial charge < -0.3 is 9.94 Å². The molecule has 0 unspecified atom stereocenters. The van der Waals surface area contributed by atoms with E-state index in [4.69, 9.17) is 16.4 Å². The Hall–Kier alpha value is -2.33. The molecular weight excluding hydrogens is 278 g/mol. The lowest BCUT2D eigenvalue weighted by Crippen LogP contribution is -2.04. The molecule has 0 fully saturated rings. The largest absolute Gasteiger partial charge is 0.507 e. The Labute approximate surface area is 121 Å². The number of benzene rings is 2. The van der Waals surface area contributed by atoms with E-state index in [-0.39, 0.29) is 5.75 Å². The van der Waals surface area contributed by atoms with E-state index in [1.54, 1.807) is 49.4 Å². The van der Waals surface area contributed by atoms with Crippen LogP contribution < -0.4 is 0 Å². The Bertz CT molecular complexity index is 650. The lowest BCUT2D eigenvalue weighted by atomic mass is 10.1. The molecule has 0 aromatic heterocycles. The fourth-order valence-electron chi connectivity index (χ4n) is 1.58. The van der Waals surface area contributed by atoms with Crippen molar-refractivity contribution in [3.8, 4) is 5.75 Å². The van der Waals surface area contributed by atoms with Crippen LogP contribution in [0.2, 0.25) is 5.02 Å². The van der Waals surface area contributed by atoms with Gasteiger partial charge in [-0.3, -0.25) is 0 Å². The third-order valence-electron chi connectivity index (χ3n) is 2.64. The highest BCUT2D eigenvalue weighted by molar-refractivity contribution is 6.30. The fourth-order valence-corrected chi connectivity index (χ4v) is 1.70. The molecule has 2 rings (SSSR count). The van der Waals surface area contributed by atoms with Crippen LogP contribution in [0.4, 0.5) is 0 Å². The molecule has 0 aliphatic rings. The fraction of sp³-hybridized carbons (Fsp3) is 0.0667. The molecular formula is C15H12ClNO3. The van der Waals surface area contributed by atoms with Crippen molar-refractivity contribution in [2.24, 2.45) is 5.16 Å². The van der Waals surface area contributed by atoms with Crippen LogP contribution in [0.5, 0.6) is 5.75 Å². The maximum absolute atomic E-state index is 11.7. The van der Waals surface area contributed by atoms with Gasteiger partial charge in [0.2, 0.25) is 0 Å². The van der Waals surface area contributed by atoms with E-state index in [9.17, 15) is 9.90 Å². The van der Waals surface area contributed by atoms with Crippen molar-refractivity contribution < 1.29 is 14.7 Å². The number of hydrogen-bond acceptors (Lipinski definition) is 4. The second-order valence-corrected chi connectivity index (χ2v) is 4.52. The number of hydrogen-bond donors (Lipinski definition) is 1. The third-order valence-corrected chi connectivity index (χ3v) is 2.89. The first-order valence-corrected chi connectivity index (χ1v) is 6.25. The summed E-state index contributed by atoms with van der Waals surface area (Å²) in [7, 11) is 0. The molecule has 0 radical (unpaired) electrons. The van der Waals surface area contributed by atoms with Crippen LogP contribution in [0.1, 0.15) is 22.8 Å². The number of carbonyl (C=O) groups is 1. The van der Waals surface area contributed by atoms with Crippen molar-refractivity contribution in [2.45, 2.75) is 6.92 Å². The minimum Gasteiger partial charge on any atom is -0.507 e. The van der Waals surface area contributed by atoms with E-state index in [1.807, 2.05) is 0 Å². The Morgan fingerprint density at radius 2 is 1.80 bits per heavy atom. The second-order valence-electron chi connectivity index (χ2n) is 4.08. The molecule has 0 spiro atoms. The zero-order valence-electron chi connectivity index (χ0n) is 10.7. The topological polar surface area (TPSA) is 58.9 Å². The Morgan fingerprint density at radius 3 is 2.45 bits per heavy atom. The van der Waals surface area contributed by atoms with E-state index in [0.717, 1.165) is 0 Å². The summed E-state index contributed by atoms with van der Waals surface area (Å²) >= 11 is 5.73. The number of para-hydroxylation sites is 1. The van der Waals surface area contributed by atoms with Crippen LogP contribution in [-0.4, -0.2) is 16.8 Å². The molecule has 5 heteroatoms. The SMILES string of the molecule is C/C(=N\OC(=O)c1ccc(Cl)cc1)c1ccccc1O. The molecule has 1 N–H and O–H groups in total. The van der Waals surface area contributed by atoms with Gasteiger partial charge in [0.15, 0.2) is 0 Å². The maximum atomic E-state index is 11.7. The lowest BCUT2D eigenvalue weighted by molar-refractivity contribution is 0.0516. The van der Waals surface area contributed by atoms with E-state index >= 15 is 0 Å². The highest BCUT2D eigenvalue weighted by Crippen LogP contribution is 2.17. The first kappa shape index (κ1) is 14.1. The lowest BCUT2D eigenvalue weighted by Gasteiger charge is -2.03. The van der Waals surface area contributed by atoms with Gasteiger partial charge >= 0.3 is 5.97 Å². The number of rotatable bonds is 3. The smallest absolute Gasteiger partial charge is 0.365 e. The Morgan fingerprint density at radius 1 is 1.15 bits per heavy atom. The van der Waals surface area contributed by atoms with Crippen LogP contribution in [0.3, 0.4) is 0 Å². The van der Waals surface area contributed by atoms with Crippen LogP contribution in [-0.2, 0) is 4.84 Å². The van der Waals surface area contributed by atoms with Gasteiger partial charge in [0.05, 0.1) is 11.3 Å². The van der Waals surface area contributed by atoms with Crippen molar-refractivity contribution in [2.75, 3.05) is 0 Å². The minimum atomic E-state index is -0.587. The summed E-state index contributed by atoms with van der Waals surface area (Å²) in [6.45, 7) is 1.64. The van der Waals surface area contributed by atoms with Gasteiger partial charge in [0, 0.05) is 10.6 Å². The average molecular weight is 290 g/mol. The predicted octanol–water partition coefficient (Wildman–Crippen LogP) is 3.63. The standard InChI is InChI=1S/C15H12ClNO3/c1-10(13-4-2-3-5-14(13)18)17-20-15(19)11-6-8-12(16)9-7-11/h2-9,18H,1H3/b17-10+.